The Morgan fingerprint density at radius 3 is 2.46 bits per heavy atom. The molecule has 4 rings (SSSR count). The molecule has 10 nitrogen and oxygen atoms in total. The number of alkyl halides is 3. The fourth-order valence-electron chi connectivity index (χ4n) is 4.39. The minimum Gasteiger partial charge on any atom is -0.475 e. The first-order chi connectivity index (χ1) is 19.4. The Hall–Kier alpha value is -4.39. The van der Waals surface area contributed by atoms with Gasteiger partial charge >= 0.3 is 12.3 Å². The molecule has 0 radical (unpaired) electrons. The fraction of sp³-hybridized carbons (Fsp3) is 0.357. The fourth-order valence-corrected chi connectivity index (χ4v) is 4.39. The van der Waals surface area contributed by atoms with Crippen molar-refractivity contribution in [1.29, 1.82) is 0 Å². The second-order valence-corrected chi connectivity index (χ2v) is 9.79. The third-order valence-corrected chi connectivity index (χ3v) is 6.71. The van der Waals surface area contributed by atoms with E-state index in [1.54, 1.807) is 19.2 Å². The summed E-state index contributed by atoms with van der Waals surface area (Å²) in [5.41, 5.74) is 2.08. The third kappa shape index (κ3) is 7.42. The first-order valence-corrected chi connectivity index (χ1v) is 12.9. The van der Waals surface area contributed by atoms with E-state index in [9.17, 15) is 22.8 Å². The lowest BCUT2D eigenvalue weighted by Crippen LogP contribution is -2.49. The number of hydrogen-bond donors (Lipinski definition) is 2. The average molecular weight is 573 g/mol. The zero-order valence-electron chi connectivity index (χ0n) is 22.9. The Morgan fingerprint density at radius 2 is 1.80 bits per heavy atom. The highest BCUT2D eigenvalue weighted by Crippen LogP contribution is 2.33. The van der Waals surface area contributed by atoms with E-state index in [1.165, 1.54) is 23.2 Å². The van der Waals surface area contributed by atoms with Gasteiger partial charge in [0, 0.05) is 75.4 Å². The summed E-state index contributed by atoms with van der Waals surface area (Å²) in [5.74, 6) is -0.254. The van der Waals surface area contributed by atoms with Crippen molar-refractivity contribution in [2.45, 2.75) is 13.1 Å². The minimum absolute atomic E-state index is 0.122. The molecule has 1 fully saturated rings. The van der Waals surface area contributed by atoms with Gasteiger partial charge in [-0.25, -0.2) is 9.78 Å². The summed E-state index contributed by atoms with van der Waals surface area (Å²) in [4.78, 5) is 38.1. The van der Waals surface area contributed by atoms with Gasteiger partial charge < -0.3 is 25.0 Å². The molecule has 2 N–H and O–H groups in total. The van der Waals surface area contributed by atoms with Crippen LogP contribution in [0.3, 0.4) is 0 Å². The maximum atomic E-state index is 13.1. The topological polar surface area (TPSA) is 111 Å². The summed E-state index contributed by atoms with van der Waals surface area (Å²) in [6.07, 6.45) is -2.39. The van der Waals surface area contributed by atoms with Gasteiger partial charge in [-0.15, -0.1) is 0 Å². The van der Waals surface area contributed by atoms with Crippen molar-refractivity contribution in [2.75, 3.05) is 63.6 Å². The van der Waals surface area contributed by atoms with Crippen LogP contribution < -0.4 is 15.0 Å². The zero-order valence-corrected chi connectivity index (χ0v) is 22.9. The van der Waals surface area contributed by atoms with Crippen molar-refractivity contribution < 1.29 is 32.6 Å². The van der Waals surface area contributed by atoms with Crippen molar-refractivity contribution >= 4 is 23.4 Å². The Morgan fingerprint density at radius 1 is 1.07 bits per heavy atom. The molecule has 3 aromatic rings. The van der Waals surface area contributed by atoms with Gasteiger partial charge in [0.15, 0.2) is 0 Å². The second-order valence-electron chi connectivity index (χ2n) is 9.79. The number of pyridine rings is 2. The number of hydrogen-bond acceptors (Lipinski definition) is 7. The Labute approximate surface area is 235 Å². The van der Waals surface area contributed by atoms with Crippen molar-refractivity contribution in [3.63, 3.8) is 0 Å². The molecule has 2 amide bonds. The number of amides is 2. The number of carbonyl (C=O) groups is 2. The number of aryl methyl sites for hydroxylation is 1. The number of nitrogens with zero attached hydrogens (tertiary/aromatic N) is 5. The lowest BCUT2D eigenvalue weighted by atomic mass is 10.0. The van der Waals surface area contributed by atoms with E-state index in [0.29, 0.717) is 67.7 Å². The van der Waals surface area contributed by atoms with E-state index in [0.717, 1.165) is 17.8 Å². The van der Waals surface area contributed by atoms with Gasteiger partial charge in [0.1, 0.15) is 6.61 Å². The predicted molar refractivity (Wildman–Crippen MR) is 147 cm³/mol. The molecule has 41 heavy (non-hydrogen) atoms. The highest BCUT2D eigenvalue weighted by molar-refractivity contribution is 6.04. The molecule has 0 unspecified atom stereocenters. The monoisotopic (exact) mass is 572 g/mol. The van der Waals surface area contributed by atoms with Crippen LogP contribution in [0.4, 0.5) is 29.3 Å². The standard InChI is InChI=1S/C28H31F3N6O4/c1-18-23(15-22(17-32-18)34-25(38)19-5-4-6-21(13-19)28(29,30)31)20-14-24(35(2)3)26(33-16-20)41-12-11-36-7-9-37(10-8-36)27(39)40/h4-6,13-17H,7-12H2,1-3H3,(H,34,38)(H,39,40). The molecule has 0 atom stereocenters. The summed E-state index contributed by atoms with van der Waals surface area (Å²) in [5, 5.41) is 11.7. The van der Waals surface area contributed by atoms with Gasteiger partial charge in [0.2, 0.25) is 5.88 Å². The number of nitrogens with one attached hydrogen (secondary N) is 1. The second kappa shape index (κ2) is 12.4. The Kier molecular flexibility index (Phi) is 8.96. The van der Waals surface area contributed by atoms with Crippen molar-refractivity contribution in [2.24, 2.45) is 0 Å². The van der Waals surface area contributed by atoms with Gasteiger partial charge in [-0.05, 0) is 37.3 Å². The van der Waals surface area contributed by atoms with Crippen LogP contribution in [0.25, 0.3) is 11.1 Å². The van der Waals surface area contributed by atoms with Gasteiger partial charge in [0.25, 0.3) is 5.91 Å². The number of benzene rings is 1. The van der Waals surface area contributed by atoms with E-state index in [4.69, 9.17) is 9.84 Å². The molecule has 218 valence electrons. The van der Waals surface area contributed by atoms with Crippen LogP contribution in [-0.4, -0.2) is 90.3 Å². The van der Waals surface area contributed by atoms with Gasteiger partial charge in [0.05, 0.1) is 23.1 Å². The van der Waals surface area contributed by atoms with Gasteiger partial charge in [-0.1, -0.05) is 6.07 Å². The number of halogens is 3. The largest absolute Gasteiger partial charge is 0.475 e. The van der Waals surface area contributed by atoms with E-state index < -0.39 is 23.7 Å². The smallest absolute Gasteiger partial charge is 0.416 e. The first-order valence-electron chi connectivity index (χ1n) is 12.9. The molecule has 2 aromatic heterocycles. The highest BCUT2D eigenvalue weighted by Gasteiger charge is 2.31. The lowest BCUT2D eigenvalue weighted by Gasteiger charge is -2.32. The van der Waals surface area contributed by atoms with E-state index >= 15 is 0 Å². The van der Waals surface area contributed by atoms with Crippen LogP contribution in [0.5, 0.6) is 5.88 Å². The van der Waals surface area contributed by atoms with Gasteiger partial charge in [-0.2, -0.15) is 13.2 Å². The molecule has 0 bridgehead atoms. The van der Waals surface area contributed by atoms with E-state index in [2.05, 4.69) is 20.2 Å². The maximum absolute atomic E-state index is 13.1. The maximum Gasteiger partial charge on any atom is 0.416 e. The summed E-state index contributed by atoms with van der Waals surface area (Å²) < 4.78 is 45.2. The zero-order chi connectivity index (χ0) is 29.7. The van der Waals surface area contributed by atoms with Crippen LogP contribution >= 0.6 is 0 Å². The number of ether oxygens (including phenoxy) is 1. The molecule has 0 aliphatic carbocycles. The Bertz CT molecular complexity index is 1410. The number of aromatic nitrogens is 2. The normalized spacial score (nSPS) is 14.0. The highest BCUT2D eigenvalue weighted by atomic mass is 19.4. The van der Waals surface area contributed by atoms with Crippen LogP contribution in [-0.2, 0) is 6.18 Å². The van der Waals surface area contributed by atoms with Crippen LogP contribution in [0.15, 0.2) is 48.8 Å². The number of anilines is 2. The van der Waals surface area contributed by atoms with Crippen LogP contribution in [0, 0.1) is 6.92 Å². The predicted octanol–water partition coefficient (Wildman–Crippen LogP) is 4.46. The number of rotatable bonds is 8. The number of carbonyl (C=O) groups excluding carboxylic acids is 1. The molecule has 1 aliphatic heterocycles. The number of carboxylic acid groups (broad SMARTS) is 1. The average Bonchev–Trinajstić information content (AvgIpc) is 2.94. The molecular weight excluding hydrogens is 541 g/mol. The molecule has 13 heteroatoms. The molecule has 1 aromatic carbocycles. The minimum atomic E-state index is -4.56. The lowest BCUT2D eigenvalue weighted by molar-refractivity contribution is -0.137. The molecular formula is C28H31F3N6O4. The first kappa shape index (κ1) is 29.6. The van der Waals surface area contributed by atoms with Crippen LogP contribution in [0.1, 0.15) is 21.6 Å². The van der Waals surface area contributed by atoms with Gasteiger partial charge in [-0.3, -0.25) is 14.7 Å². The Balaban J connectivity index is 1.46. The SMILES string of the molecule is Cc1ncc(NC(=O)c2cccc(C(F)(F)F)c2)cc1-c1cnc(OCCN2CCN(C(=O)O)CC2)c(N(C)C)c1. The molecule has 1 saturated heterocycles. The molecule has 3 heterocycles. The number of piperazine rings is 1. The molecule has 0 spiro atoms. The van der Waals surface area contributed by atoms with Crippen LogP contribution in [0.2, 0.25) is 0 Å². The summed E-state index contributed by atoms with van der Waals surface area (Å²) in [6.45, 7) is 4.98. The van der Waals surface area contributed by atoms with Crippen molar-refractivity contribution in [3.05, 3.63) is 65.6 Å². The molecule has 1 aliphatic rings. The summed E-state index contributed by atoms with van der Waals surface area (Å²) in [7, 11) is 3.71. The van der Waals surface area contributed by atoms with Crippen molar-refractivity contribution in [3.8, 4) is 17.0 Å². The van der Waals surface area contributed by atoms with E-state index in [1.807, 2.05) is 25.1 Å². The van der Waals surface area contributed by atoms with Crippen molar-refractivity contribution in [1.82, 2.24) is 19.8 Å². The molecule has 0 saturated carbocycles. The van der Waals surface area contributed by atoms with E-state index in [-0.39, 0.29) is 5.56 Å². The summed E-state index contributed by atoms with van der Waals surface area (Å²) in [6, 6.07) is 7.80. The quantitative estimate of drug-likeness (QED) is 0.407. The third-order valence-electron chi connectivity index (χ3n) is 6.71. The summed E-state index contributed by atoms with van der Waals surface area (Å²) >= 11 is 0.